The third-order valence-electron chi connectivity index (χ3n) is 2.48. The summed E-state index contributed by atoms with van der Waals surface area (Å²) in [5.41, 5.74) is 8.47. The van der Waals surface area contributed by atoms with Crippen molar-refractivity contribution in [3.63, 3.8) is 0 Å². The fraction of sp³-hybridized carbons (Fsp3) is 0.385. The molecule has 0 aliphatic heterocycles. The van der Waals surface area contributed by atoms with Gasteiger partial charge in [0.1, 0.15) is 4.99 Å². The molecule has 98 valence electrons. The van der Waals surface area contributed by atoms with Crippen LogP contribution in [0.3, 0.4) is 0 Å². The van der Waals surface area contributed by atoms with Crippen LogP contribution in [0.2, 0.25) is 0 Å². The lowest BCUT2D eigenvalue weighted by Crippen LogP contribution is -2.25. The number of benzene rings is 1. The molecule has 0 radical (unpaired) electrons. The van der Waals surface area contributed by atoms with Crippen LogP contribution in [0.15, 0.2) is 18.2 Å². The molecule has 0 aliphatic carbocycles. The number of carbonyl (C=O) groups is 1. The van der Waals surface area contributed by atoms with Crippen molar-refractivity contribution >= 4 is 28.8 Å². The molecule has 0 spiro atoms. The number of nitrogens with one attached hydrogen (secondary N) is 2. The molecular formula is C13H19N3OS. The topological polar surface area (TPSA) is 67.2 Å². The van der Waals surface area contributed by atoms with Crippen LogP contribution in [-0.2, 0) is 4.79 Å². The smallest absolute Gasteiger partial charge is 0.221 e. The second kappa shape index (κ2) is 6.96. The van der Waals surface area contributed by atoms with E-state index in [1.807, 2.05) is 32.0 Å². The van der Waals surface area contributed by atoms with Crippen LogP contribution < -0.4 is 16.4 Å². The van der Waals surface area contributed by atoms with Crippen LogP contribution in [0.1, 0.15) is 24.5 Å². The Hall–Kier alpha value is -1.62. The molecule has 4 N–H and O–H groups in total. The van der Waals surface area contributed by atoms with Gasteiger partial charge in [0.05, 0.1) is 0 Å². The van der Waals surface area contributed by atoms with Gasteiger partial charge in [0, 0.05) is 30.8 Å². The van der Waals surface area contributed by atoms with Gasteiger partial charge >= 0.3 is 0 Å². The van der Waals surface area contributed by atoms with Crippen LogP contribution >= 0.6 is 12.2 Å². The molecule has 0 aliphatic rings. The SMILES string of the molecule is CCNC(=O)CCNc1ccc(C)cc1C(N)=S. The number of carbonyl (C=O) groups excluding carboxylic acids is 1. The summed E-state index contributed by atoms with van der Waals surface area (Å²) in [6.07, 6.45) is 0.429. The van der Waals surface area contributed by atoms with E-state index in [-0.39, 0.29) is 5.91 Å². The molecule has 0 atom stereocenters. The van der Waals surface area contributed by atoms with Crippen molar-refractivity contribution in [2.24, 2.45) is 5.73 Å². The Bertz CT molecular complexity index is 446. The van der Waals surface area contributed by atoms with Crippen molar-refractivity contribution in [2.45, 2.75) is 20.3 Å². The van der Waals surface area contributed by atoms with E-state index in [1.165, 1.54) is 0 Å². The first kappa shape index (κ1) is 14.4. The molecule has 0 aromatic heterocycles. The highest BCUT2D eigenvalue weighted by Gasteiger charge is 2.06. The molecule has 0 bridgehead atoms. The second-order valence-corrected chi connectivity index (χ2v) is 4.48. The summed E-state index contributed by atoms with van der Waals surface area (Å²) in [5, 5.41) is 5.93. The van der Waals surface area contributed by atoms with Crippen LogP contribution in [0.5, 0.6) is 0 Å². The quantitative estimate of drug-likeness (QED) is 0.683. The zero-order valence-corrected chi connectivity index (χ0v) is 11.6. The predicted molar refractivity (Wildman–Crippen MR) is 78.9 cm³/mol. The summed E-state index contributed by atoms with van der Waals surface area (Å²) in [6.45, 7) is 5.10. The molecule has 0 saturated heterocycles. The van der Waals surface area contributed by atoms with Gasteiger partial charge < -0.3 is 16.4 Å². The predicted octanol–water partition coefficient (Wildman–Crippen LogP) is 1.57. The van der Waals surface area contributed by atoms with Crippen molar-refractivity contribution in [3.8, 4) is 0 Å². The lowest BCUT2D eigenvalue weighted by Gasteiger charge is -2.11. The normalized spacial score (nSPS) is 9.89. The number of amides is 1. The molecule has 1 aromatic carbocycles. The van der Waals surface area contributed by atoms with E-state index in [0.717, 1.165) is 16.8 Å². The summed E-state index contributed by atoms with van der Waals surface area (Å²) >= 11 is 5.01. The standard InChI is InChI=1S/C13H19N3OS/c1-3-15-12(17)6-7-16-11-5-4-9(2)8-10(11)13(14)18/h4-5,8,16H,3,6-7H2,1-2H3,(H2,14,18)(H,15,17). The highest BCUT2D eigenvalue weighted by Crippen LogP contribution is 2.17. The number of anilines is 1. The van der Waals surface area contributed by atoms with Gasteiger partial charge in [-0.3, -0.25) is 4.79 Å². The van der Waals surface area contributed by atoms with Crippen LogP contribution in [-0.4, -0.2) is 24.0 Å². The first-order chi connectivity index (χ1) is 8.54. The van der Waals surface area contributed by atoms with Gasteiger partial charge in [0.2, 0.25) is 5.91 Å². The van der Waals surface area contributed by atoms with Crippen LogP contribution in [0.25, 0.3) is 0 Å². The van der Waals surface area contributed by atoms with E-state index in [1.54, 1.807) is 0 Å². The molecule has 0 heterocycles. The molecule has 4 nitrogen and oxygen atoms in total. The van der Waals surface area contributed by atoms with Gasteiger partial charge in [-0.15, -0.1) is 0 Å². The third kappa shape index (κ3) is 4.33. The van der Waals surface area contributed by atoms with E-state index in [2.05, 4.69) is 10.6 Å². The minimum Gasteiger partial charge on any atom is -0.389 e. The minimum absolute atomic E-state index is 0.0361. The van der Waals surface area contributed by atoms with Crippen molar-refractivity contribution in [3.05, 3.63) is 29.3 Å². The molecule has 0 saturated carbocycles. The summed E-state index contributed by atoms with van der Waals surface area (Å²) in [4.78, 5) is 11.7. The number of rotatable bonds is 6. The first-order valence-electron chi connectivity index (χ1n) is 5.95. The first-order valence-corrected chi connectivity index (χ1v) is 6.36. The molecule has 0 unspecified atom stereocenters. The van der Waals surface area contributed by atoms with E-state index in [9.17, 15) is 4.79 Å². The Morgan fingerprint density at radius 1 is 1.44 bits per heavy atom. The lowest BCUT2D eigenvalue weighted by atomic mass is 10.1. The van der Waals surface area contributed by atoms with Crippen molar-refractivity contribution in [1.82, 2.24) is 5.32 Å². The van der Waals surface area contributed by atoms with Gasteiger partial charge in [-0.1, -0.05) is 23.8 Å². The number of thiocarbonyl (C=S) groups is 1. The maximum Gasteiger partial charge on any atom is 0.221 e. The summed E-state index contributed by atoms with van der Waals surface area (Å²) in [6, 6.07) is 5.86. The Morgan fingerprint density at radius 3 is 2.78 bits per heavy atom. The highest BCUT2D eigenvalue weighted by molar-refractivity contribution is 7.80. The fourth-order valence-electron chi connectivity index (χ4n) is 1.61. The molecule has 1 amide bonds. The molecule has 1 rings (SSSR count). The van der Waals surface area contributed by atoms with Gasteiger partial charge in [0.15, 0.2) is 0 Å². The van der Waals surface area contributed by atoms with E-state index in [0.29, 0.717) is 24.5 Å². The van der Waals surface area contributed by atoms with E-state index in [4.69, 9.17) is 18.0 Å². The molecular weight excluding hydrogens is 246 g/mol. The second-order valence-electron chi connectivity index (χ2n) is 4.04. The van der Waals surface area contributed by atoms with Gasteiger partial charge in [-0.2, -0.15) is 0 Å². The lowest BCUT2D eigenvalue weighted by molar-refractivity contribution is -0.120. The zero-order chi connectivity index (χ0) is 13.5. The minimum atomic E-state index is 0.0361. The fourth-order valence-corrected chi connectivity index (χ4v) is 1.78. The number of aryl methyl sites for hydroxylation is 1. The van der Waals surface area contributed by atoms with E-state index < -0.39 is 0 Å². The van der Waals surface area contributed by atoms with Gasteiger partial charge in [0.25, 0.3) is 0 Å². The van der Waals surface area contributed by atoms with Crippen molar-refractivity contribution in [2.75, 3.05) is 18.4 Å². The van der Waals surface area contributed by atoms with Crippen molar-refractivity contribution < 1.29 is 4.79 Å². The molecule has 18 heavy (non-hydrogen) atoms. The summed E-state index contributed by atoms with van der Waals surface area (Å²) in [5.74, 6) is 0.0361. The van der Waals surface area contributed by atoms with Crippen LogP contribution in [0, 0.1) is 6.92 Å². The molecule has 0 fully saturated rings. The Morgan fingerprint density at radius 2 is 2.17 bits per heavy atom. The molecule has 1 aromatic rings. The maximum atomic E-state index is 11.3. The summed E-state index contributed by atoms with van der Waals surface area (Å²) in [7, 11) is 0. The largest absolute Gasteiger partial charge is 0.389 e. The highest BCUT2D eigenvalue weighted by atomic mass is 32.1. The van der Waals surface area contributed by atoms with Gasteiger partial charge in [-0.25, -0.2) is 0 Å². The number of nitrogens with two attached hydrogens (primary N) is 1. The monoisotopic (exact) mass is 265 g/mol. The average molecular weight is 265 g/mol. The summed E-state index contributed by atoms with van der Waals surface area (Å²) < 4.78 is 0. The molecule has 5 heteroatoms. The van der Waals surface area contributed by atoms with Crippen LogP contribution in [0.4, 0.5) is 5.69 Å². The Balaban J connectivity index is 2.62. The van der Waals surface area contributed by atoms with Crippen molar-refractivity contribution in [1.29, 1.82) is 0 Å². The van der Waals surface area contributed by atoms with E-state index >= 15 is 0 Å². The zero-order valence-electron chi connectivity index (χ0n) is 10.7. The number of hydrogen-bond donors (Lipinski definition) is 3. The Labute approximate surface area is 113 Å². The maximum absolute atomic E-state index is 11.3. The third-order valence-corrected chi connectivity index (χ3v) is 2.70. The number of hydrogen-bond acceptors (Lipinski definition) is 3. The Kier molecular flexibility index (Phi) is 5.58. The van der Waals surface area contributed by atoms with Gasteiger partial charge in [-0.05, 0) is 26.0 Å². The average Bonchev–Trinajstić information content (AvgIpc) is 2.31.